The predicted octanol–water partition coefficient (Wildman–Crippen LogP) is 0.438. The van der Waals surface area contributed by atoms with Crippen molar-refractivity contribution in [2.45, 2.75) is 6.42 Å². The number of hydrogen-bond acceptors (Lipinski definition) is 3. The molecule has 1 atom stereocenters. The maximum Gasteiger partial charge on any atom is 0.322 e. The number of para-hydroxylation sites is 1. The molecule has 1 aromatic rings. The van der Waals surface area contributed by atoms with Crippen molar-refractivity contribution in [1.29, 1.82) is 0 Å². The van der Waals surface area contributed by atoms with Crippen LogP contribution in [-0.4, -0.2) is 30.1 Å². The van der Waals surface area contributed by atoms with Gasteiger partial charge in [-0.3, -0.25) is 9.59 Å². The normalized spacial score (nSPS) is 17.8. The van der Waals surface area contributed by atoms with E-state index in [1.165, 1.54) is 0 Å². The molecule has 0 aliphatic carbocycles. The molecule has 0 spiro atoms. The van der Waals surface area contributed by atoms with Crippen molar-refractivity contribution in [3.8, 4) is 5.75 Å². The Bertz CT molecular complexity index is 444. The minimum Gasteiger partial charge on any atom is -0.492 e. The third kappa shape index (κ3) is 2.75. The van der Waals surface area contributed by atoms with E-state index >= 15 is 0 Å². The average molecular weight is 235 g/mol. The molecule has 2 N–H and O–H groups in total. The molecular formula is C12H13NO4. The Balaban J connectivity index is 1.97. The molecule has 5 nitrogen and oxygen atoms in total. The van der Waals surface area contributed by atoms with E-state index in [2.05, 4.69) is 5.32 Å². The molecule has 90 valence electrons. The van der Waals surface area contributed by atoms with Gasteiger partial charge in [0.2, 0.25) is 5.91 Å². The minimum absolute atomic E-state index is 0.276. The zero-order valence-corrected chi connectivity index (χ0v) is 9.18. The fourth-order valence-electron chi connectivity index (χ4n) is 1.80. The standard InChI is InChI=1S/C12H13NO4/c14-11(15)6-13-12(16)9-5-8-3-1-2-4-10(8)17-7-9/h1-4,9H,5-7H2,(H,13,16)(H,14,15). The maximum absolute atomic E-state index is 11.7. The van der Waals surface area contributed by atoms with Gasteiger partial charge < -0.3 is 15.2 Å². The number of carboxylic acids is 1. The van der Waals surface area contributed by atoms with E-state index in [9.17, 15) is 9.59 Å². The van der Waals surface area contributed by atoms with Gasteiger partial charge in [-0.2, -0.15) is 0 Å². The fourth-order valence-corrected chi connectivity index (χ4v) is 1.80. The van der Waals surface area contributed by atoms with Gasteiger partial charge in [0, 0.05) is 0 Å². The highest BCUT2D eigenvalue weighted by Crippen LogP contribution is 2.26. The number of carbonyl (C=O) groups is 2. The van der Waals surface area contributed by atoms with Gasteiger partial charge in [0.1, 0.15) is 18.9 Å². The van der Waals surface area contributed by atoms with Crippen molar-refractivity contribution in [3.05, 3.63) is 29.8 Å². The number of aliphatic carboxylic acids is 1. The lowest BCUT2D eigenvalue weighted by atomic mass is 9.96. The fraction of sp³-hybridized carbons (Fsp3) is 0.333. The average Bonchev–Trinajstić information content (AvgIpc) is 2.35. The van der Waals surface area contributed by atoms with Gasteiger partial charge in [-0.1, -0.05) is 18.2 Å². The van der Waals surface area contributed by atoms with Crippen LogP contribution in [0.25, 0.3) is 0 Å². The van der Waals surface area contributed by atoms with Gasteiger partial charge in [0.25, 0.3) is 0 Å². The van der Waals surface area contributed by atoms with Crippen molar-refractivity contribution in [2.75, 3.05) is 13.2 Å². The largest absolute Gasteiger partial charge is 0.492 e. The van der Waals surface area contributed by atoms with Crippen LogP contribution in [0.5, 0.6) is 5.75 Å². The summed E-state index contributed by atoms with van der Waals surface area (Å²) in [6.07, 6.45) is 0.585. The molecule has 0 saturated carbocycles. The van der Waals surface area contributed by atoms with Crippen molar-refractivity contribution in [3.63, 3.8) is 0 Å². The Kier molecular flexibility index (Phi) is 3.27. The van der Waals surface area contributed by atoms with Crippen LogP contribution in [0.1, 0.15) is 5.56 Å². The molecule has 0 saturated heterocycles. The summed E-state index contributed by atoms with van der Waals surface area (Å²) >= 11 is 0. The highest BCUT2D eigenvalue weighted by Gasteiger charge is 2.25. The number of amides is 1. The van der Waals surface area contributed by atoms with E-state index < -0.39 is 5.97 Å². The molecule has 1 aromatic carbocycles. The second kappa shape index (κ2) is 4.86. The third-order valence-corrected chi connectivity index (χ3v) is 2.66. The summed E-state index contributed by atoms with van der Waals surface area (Å²) in [5.41, 5.74) is 0.981. The quantitative estimate of drug-likeness (QED) is 0.797. The second-order valence-electron chi connectivity index (χ2n) is 3.93. The molecule has 1 aliphatic heterocycles. The minimum atomic E-state index is -1.05. The lowest BCUT2D eigenvalue weighted by Gasteiger charge is -2.24. The Morgan fingerprint density at radius 1 is 1.41 bits per heavy atom. The molecule has 0 radical (unpaired) electrons. The molecular weight excluding hydrogens is 222 g/mol. The van der Waals surface area contributed by atoms with Crippen molar-refractivity contribution in [2.24, 2.45) is 5.92 Å². The van der Waals surface area contributed by atoms with Crippen LogP contribution in [0.2, 0.25) is 0 Å². The van der Waals surface area contributed by atoms with Crippen LogP contribution in [0.15, 0.2) is 24.3 Å². The first kappa shape index (κ1) is 11.4. The topological polar surface area (TPSA) is 75.6 Å². The van der Waals surface area contributed by atoms with E-state index in [1.807, 2.05) is 24.3 Å². The van der Waals surface area contributed by atoms with Crippen LogP contribution in [0.4, 0.5) is 0 Å². The molecule has 1 amide bonds. The number of rotatable bonds is 3. The third-order valence-electron chi connectivity index (χ3n) is 2.66. The molecule has 0 fully saturated rings. The molecule has 2 rings (SSSR count). The Morgan fingerprint density at radius 2 is 2.18 bits per heavy atom. The van der Waals surface area contributed by atoms with E-state index in [0.29, 0.717) is 13.0 Å². The Labute approximate surface area is 98.4 Å². The number of hydrogen-bond donors (Lipinski definition) is 2. The molecule has 1 heterocycles. The maximum atomic E-state index is 11.7. The number of fused-ring (bicyclic) bond motifs is 1. The SMILES string of the molecule is O=C(O)CNC(=O)C1COc2ccccc2C1. The van der Waals surface area contributed by atoms with Crippen LogP contribution in [0, 0.1) is 5.92 Å². The Hall–Kier alpha value is -2.04. The number of ether oxygens (including phenoxy) is 1. The Morgan fingerprint density at radius 3 is 2.94 bits per heavy atom. The summed E-state index contributed by atoms with van der Waals surface area (Å²) in [6.45, 7) is -0.0561. The molecule has 5 heteroatoms. The molecule has 0 aromatic heterocycles. The zero-order chi connectivity index (χ0) is 12.3. The summed E-state index contributed by atoms with van der Waals surface area (Å²) in [7, 11) is 0. The summed E-state index contributed by atoms with van der Waals surface area (Å²) in [4.78, 5) is 22.0. The van der Waals surface area contributed by atoms with Crippen LogP contribution in [0.3, 0.4) is 0 Å². The lowest BCUT2D eigenvalue weighted by Crippen LogP contribution is -2.39. The summed E-state index contributed by atoms with van der Waals surface area (Å²) < 4.78 is 5.46. The van der Waals surface area contributed by atoms with E-state index in [0.717, 1.165) is 11.3 Å². The molecule has 1 aliphatic rings. The first-order chi connectivity index (χ1) is 8.16. The van der Waals surface area contributed by atoms with Gasteiger partial charge in [-0.25, -0.2) is 0 Å². The monoisotopic (exact) mass is 235 g/mol. The van der Waals surface area contributed by atoms with Gasteiger partial charge in [-0.05, 0) is 18.1 Å². The molecule has 1 unspecified atom stereocenters. The molecule has 0 bridgehead atoms. The second-order valence-corrected chi connectivity index (χ2v) is 3.93. The van der Waals surface area contributed by atoms with E-state index in [-0.39, 0.29) is 18.4 Å². The van der Waals surface area contributed by atoms with Crippen molar-refractivity contribution >= 4 is 11.9 Å². The van der Waals surface area contributed by atoms with Crippen LogP contribution in [-0.2, 0) is 16.0 Å². The number of benzene rings is 1. The van der Waals surface area contributed by atoms with Gasteiger partial charge in [0.05, 0.1) is 5.92 Å². The smallest absolute Gasteiger partial charge is 0.322 e. The first-order valence-corrected chi connectivity index (χ1v) is 5.37. The van der Waals surface area contributed by atoms with Gasteiger partial charge in [-0.15, -0.1) is 0 Å². The van der Waals surface area contributed by atoms with Crippen LogP contribution < -0.4 is 10.1 Å². The number of nitrogens with one attached hydrogen (secondary N) is 1. The van der Waals surface area contributed by atoms with Crippen molar-refractivity contribution in [1.82, 2.24) is 5.32 Å². The lowest BCUT2D eigenvalue weighted by molar-refractivity contribution is -0.138. The molecule has 17 heavy (non-hydrogen) atoms. The van der Waals surface area contributed by atoms with Crippen molar-refractivity contribution < 1.29 is 19.4 Å². The van der Waals surface area contributed by atoms with E-state index in [4.69, 9.17) is 9.84 Å². The predicted molar refractivity (Wildman–Crippen MR) is 59.8 cm³/mol. The van der Waals surface area contributed by atoms with Gasteiger partial charge >= 0.3 is 5.97 Å². The first-order valence-electron chi connectivity index (χ1n) is 5.37. The zero-order valence-electron chi connectivity index (χ0n) is 9.18. The number of carboxylic acid groups (broad SMARTS) is 1. The summed E-state index contributed by atoms with van der Waals surface area (Å²) in [5.74, 6) is -0.837. The summed E-state index contributed by atoms with van der Waals surface area (Å²) in [5, 5.41) is 10.8. The summed E-state index contributed by atoms with van der Waals surface area (Å²) in [6, 6.07) is 7.54. The number of carbonyl (C=O) groups excluding carboxylic acids is 1. The van der Waals surface area contributed by atoms with Gasteiger partial charge in [0.15, 0.2) is 0 Å². The highest BCUT2D eigenvalue weighted by atomic mass is 16.5. The van der Waals surface area contributed by atoms with E-state index in [1.54, 1.807) is 0 Å². The highest BCUT2D eigenvalue weighted by molar-refractivity contribution is 5.83. The van der Waals surface area contributed by atoms with Crippen LogP contribution >= 0.6 is 0 Å².